The van der Waals surface area contributed by atoms with E-state index in [1.807, 2.05) is 62.6 Å². The minimum atomic E-state index is -0.535. The van der Waals surface area contributed by atoms with Crippen LogP contribution in [0.4, 0.5) is 4.79 Å². The number of carbonyl (C=O) groups is 1. The summed E-state index contributed by atoms with van der Waals surface area (Å²) < 4.78 is 13.8. The van der Waals surface area contributed by atoms with Crippen LogP contribution in [-0.4, -0.2) is 49.4 Å². The van der Waals surface area contributed by atoms with Crippen molar-refractivity contribution in [3.63, 3.8) is 0 Å². The first-order valence-corrected chi connectivity index (χ1v) is 13.1. The summed E-state index contributed by atoms with van der Waals surface area (Å²) in [7, 11) is 0. The van der Waals surface area contributed by atoms with Gasteiger partial charge in [0.2, 0.25) is 11.7 Å². The molecule has 2 aromatic carbocycles. The van der Waals surface area contributed by atoms with Crippen molar-refractivity contribution in [3.05, 3.63) is 66.3 Å². The number of benzene rings is 2. The molecule has 9 heteroatoms. The zero-order valence-corrected chi connectivity index (χ0v) is 21.6. The summed E-state index contributed by atoms with van der Waals surface area (Å²) in [4.78, 5) is 24.0. The van der Waals surface area contributed by atoms with Crippen molar-refractivity contribution in [3.8, 4) is 17.5 Å². The summed E-state index contributed by atoms with van der Waals surface area (Å²) in [5, 5.41) is 13.5. The molecular formula is C29H30N6O3. The highest BCUT2D eigenvalue weighted by molar-refractivity contribution is 5.77. The average Bonchev–Trinajstić information content (AvgIpc) is 3.63. The molecular weight excluding hydrogens is 480 g/mol. The third kappa shape index (κ3) is 4.51. The van der Waals surface area contributed by atoms with Gasteiger partial charge in [0, 0.05) is 18.7 Å². The Hall–Kier alpha value is -4.19. The number of rotatable bonds is 6. The Bertz CT molecular complexity index is 1520. The van der Waals surface area contributed by atoms with E-state index in [9.17, 15) is 10.1 Å². The first-order chi connectivity index (χ1) is 18.3. The Morgan fingerprint density at radius 3 is 2.87 bits per heavy atom. The third-order valence-corrected chi connectivity index (χ3v) is 7.77. The molecule has 0 N–H and O–H groups in total. The lowest BCUT2D eigenvalue weighted by atomic mass is 9.77. The third-order valence-electron chi connectivity index (χ3n) is 7.77. The number of fused-ring (bicyclic) bond motifs is 1. The van der Waals surface area contributed by atoms with Crippen LogP contribution in [0.25, 0.3) is 22.4 Å². The van der Waals surface area contributed by atoms with Gasteiger partial charge in [0.05, 0.1) is 41.0 Å². The second-order valence-corrected chi connectivity index (χ2v) is 11.3. The summed E-state index contributed by atoms with van der Waals surface area (Å²) >= 11 is 0. The highest BCUT2D eigenvalue weighted by Crippen LogP contribution is 2.41. The zero-order chi connectivity index (χ0) is 26.3. The van der Waals surface area contributed by atoms with Crippen molar-refractivity contribution in [1.82, 2.24) is 24.6 Å². The number of hydrogen-bond donors (Lipinski definition) is 0. The Morgan fingerprint density at radius 1 is 1.21 bits per heavy atom. The van der Waals surface area contributed by atoms with Gasteiger partial charge < -0.3 is 18.7 Å². The first kappa shape index (κ1) is 24.2. The van der Waals surface area contributed by atoms with Crippen LogP contribution in [-0.2, 0) is 16.7 Å². The van der Waals surface area contributed by atoms with Crippen LogP contribution in [0.5, 0.6) is 0 Å². The Morgan fingerprint density at radius 2 is 2.05 bits per heavy atom. The fourth-order valence-corrected chi connectivity index (χ4v) is 5.95. The van der Waals surface area contributed by atoms with E-state index in [-0.39, 0.29) is 6.09 Å². The number of nitriles is 1. The molecule has 4 aromatic rings. The summed E-state index contributed by atoms with van der Waals surface area (Å²) in [6.07, 6.45) is 5.27. The maximum absolute atomic E-state index is 13.0. The Balaban J connectivity index is 1.14. The molecule has 0 bridgehead atoms. The van der Waals surface area contributed by atoms with E-state index in [0.717, 1.165) is 48.8 Å². The molecule has 2 fully saturated rings. The van der Waals surface area contributed by atoms with E-state index >= 15 is 0 Å². The first-order valence-electron chi connectivity index (χ1n) is 13.1. The molecule has 1 aliphatic heterocycles. The molecule has 1 unspecified atom stereocenters. The van der Waals surface area contributed by atoms with Crippen LogP contribution in [0.15, 0.2) is 59.4 Å². The molecule has 1 spiro atoms. The van der Waals surface area contributed by atoms with Gasteiger partial charge in [-0.15, -0.1) is 0 Å². The molecule has 1 amide bonds. The monoisotopic (exact) mass is 510 g/mol. The van der Waals surface area contributed by atoms with Gasteiger partial charge in [0.15, 0.2) is 0 Å². The fraction of sp³-hybridized carbons (Fsp3) is 0.414. The standard InChI is InChI=1S/C29H30N6O3/c1-28(2,26-32-25(33-38-26)22-8-4-3-5-9-22)17-35-18-29(37-27(35)36)12-6-7-21(14-29)16-34-19-31-23-11-10-20(15-30)13-24(23)34/h3-5,8-11,13,19,21H,6-7,12,14,16-18H2,1-2H3/t21-,29?/m0/s1. The van der Waals surface area contributed by atoms with E-state index in [1.165, 1.54) is 0 Å². The van der Waals surface area contributed by atoms with Crippen LogP contribution >= 0.6 is 0 Å². The number of ether oxygens (including phenoxy) is 1. The van der Waals surface area contributed by atoms with E-state index in [0.29, 0.717) is 36.3 Å². The number of hydrogen-bond acceptors (Lipinski definition) is 7. The Kier molecular flexibility index (Phi) is 5.90. The van der Waals surface area contributed by atoms with E-state index in [2.05, 4.69) is 25.8 Å². The number of aromatic nitrogens is 4. The second kappa shape index (κ2) is 9.28. The highest BCUT2D eigenvalue weighted by Gasteiger charge is 2.49. The van der Waals surface area contributed by atoms with Gasteiger partial charge in [-0.1, -0.05) is 35.5 Å². The fourth-order valence-electron chi connectivity index (χ4n) is 5.95. The van der Waals surface area contributed by atoms with Gasteiger partial charge in [-0.05, 0) is 63.6 Å². The molecule has 3 heterocycles. The number of amides is 1. The van der Waals surface area contributed by atoms with Crippen molar-refractivity contribution < 1.29 is 14.1 Å². The minimum absolute atomic E-state index is 0.284. The molecule has 194 valence electrons. The van der Waals surface area contributed by atoms with Crippen LogP contribution < -0.4 is 0 Å². The summed E-state index contributed by atoms with van der Waals surface area (Å²) in [5.41, 5.74) is 2.33. The van der Waals surface area contributed by atoms with E-state index < -0.39 is 11.0 Å². The molecule has 2 aromatic heterocycles. The largest absolute Gasteiger partial charge is 0.441 e. The number of imidazole rings is 1. The van der Waals surface area contributed by atoms with Crippen molar-refractivity contribution >= 4 is 17.1 Å². The lowest BCUT2D eigenvalue weighted by molar-refractivity contribution is 0.00413. The maximum atomic E-state index is 13.0. The van der Waals surface area contributed by atoms with Crippen molar-refractivity contribution in [2.24, 2.45) is 5.92 Å². The quantitative estimate of drug-likeness (QED) is 0.345. The van der Waals surface area contributed by atoms with E-state index in [1.54, 1.807) is 11.0 Å². The normalized spacial score (nSPS) is 21.7. The predicted octanol–water partition coefficient (Wildman–Crippen LogP) is 5.32. The average molecular weight is 511 g/mol. The van der Waals surface area contributed by atoms with Crippen molar-refractivity contribution in [2.45, 2.75) is 57.1 Å². The van der Waals surface area contributed by atoms with Gasteiger partial charge >= 0.3 is 6.09 Å². The van der Waals surface area contributed by atoms with Crippen molar-refractivity contribution in [1.29, 1.82) is 5.26 Å². The highest BCUT2D eigenvalue weighted by atomic mass is 16.6. The maximum Gasteiger partial charge on any atom is 0.410 e. The van der Waals surface area contributed by atoms with Gasteiger partial charge in [0.25, 0.3) is 0 Å². The van der Waals surface area contributed by atoms with Crippen LogP contribution in [0.1, 0.15) is 51.0 Å². The SMILES string of the molecule is CC(C)(CN1CC2(CCC[C@H](Cn3cnc4ccc(C#N)cc43)C2)OC1=O)c1nc(-c2ccccc2)no1. The van der Waals surface area contributed by atoms with Crippen molar-refractivity contribution in [2.75, 3.05) is 13.1 Å². The molecule has 1 aliphatic carbocycles. The van der Waals surface area contributed by atoms with Gasteiger partial charge in [0.1, 0.15) is 5.60 Å². The van der Waals surface area contributed by atoms with Crippen LogP contribution in [0, 0.1) is 17.2 Å². The molecule has 9 nitrogen and oxygen atoms in total. The molecule has 0 radical (unpaired) electrons. The van der Waals surface area contributed by atoms with E-state index in [4.69, 9.17) is 9.26 Å². The lowest BCUT2D eigenvalue weighted by Crippen LogP contribution is -2.43. The Labute approximate surface area is 221 Å². The molecule has 38 heavy (non-hydrogen) atoms. The summed E-state index contributed by atoms with van der Waals surface area (Å²) in [6, 6.07) is 17.5. The zero-order valence-electron chi connectivity index (χ0n) is 21.6. The topological polar surface area (TPSA) is 110 Å². The molecule has 2 atom stereocenters. The number of carbonyl (C=O) groups excluding carboxylic acids is 1. The molecule has 1 saturated heterocycles. The van der Waals surface area contributed by atoms with Crippen LogP contribution in [0.3, 0.4) is 0 Å². The summed E-state index contributed by atoms with van der Waals surface area (Å²) in [5.74, 6) is 1.38. The number of nitrogens with zero attached hydrogens (tertiary/aromatic N) is 6. The minimum Gasteiger partial charge on any atom is -0.441 e. The summed E-state index contributed by atoms with van der Waals surface area (Å²) in [6.45, 7) is 5.78. The molecule has 6 rings (SSSR count). The smallest absolute Gasteiger partial charge is 0.410 e. The molecule has 1 saturated carbocycles. The van der Waals surface area contributed by atoms with Crippen LogP contribution in [0.2, 0.25) is 0 Å². The second-order valence-electron chi connectivity index (χ2n) is 11.3. The lowest BCUT2D eigenvalue weighted by Gasteiger charge is -2.36. The van der Waals surface area contributed by atoms with Gasteiger partial charge in [-0.3, -0.25) is 0 Å². The predicted molar refractivity (Wildman–Crippen MR) is 140 cm³/mol. The van der Waals surface area contributed by atoms with Gasteiger partial charge in [-0.25, -0.2) is 9.78 Å². The van der Waals surface area contributed by atoms with Gasteiger partial charge in [-0.2, -0.15) is 10.2 Å². The molecule has 2 aliphatic rings.